The monoisotopic (exact) mass is 536 g/mol. The van der Waals surface area contributed by atoms with Crippen LogP contribution < -0.4 is 22.1 Å². The minimum atomic E-state index is -1.22. The summed E-state index contributed by atoms with van der Waals surface area (Å²) < 4.78 is 0. The number of piperazine rings is 1. The van der Waals surface area contributed by atoms with Crippen molar-refractivity contribution in [1.82, 2.24) is 20.4 Å². The smallest absolute Gasteiger partial charge is 0.323 e. The number of carboxylic acid groups (broad SMARTS) is 1. The van der Waals surface area contributed by atoms with Gasteiger partial charge in [-0.3, -0.25) is 34.8 Å². The number of hydrogen-bond acceptors (Lipinski definition) is 7. The van der Waals surface area contributed by atoms with Crippen molar-refractivity contribution < 1.29 is 29.1 Å². The van der Waals surface area contributed by atoms with Crippen LogP contribution in [-0.4, -0.2) is 94.9 Å². The molecule has 1 aliphatic rings. The normalized spacial score (nSPS) is 14.9. The predicted octanol–water partition coefficient (Wildman–Crippen LogP) is -1.46. The molecular formula is C25H28N8O6. The van der Waals surface area contributed by atoms with Crippen LogP contribution in [0.25, 0.3) is 0 Å². The van der Waals surface area contributed by atoms with E-state index in [9.17, 15) is 24.0 Å². The van der Waals surface area contributed by atoms with E-state index >= 15 is 0 Å². The van der Waals surface area contributed by atoms with Crippen LogP contribution in [0.2, 0.25) is 0 Å². The van der Waals surface area contributed by atoms with Crippen molar-refractivity contribution >= 4 is 41.3 Å². The number of amides is 4. The van der Waals surface area contributed by atoms with Crippen molar-refractivity contribution in [2.75, 3.05) is 32.7 Å². The molecule has 9 N–H and O–H groups in total. The molecule has 1 fully saturated rings. The number of rotatable bonds is 10. The third-order valence-corrected chi connectivity index (χ3v) is 6.00. The van der Waals surface area contributed by atoms with E-state index in [2.05, 4.69) is 10.6 Å². The van der Waals surface area contributed by atoms with E-state index in [4.69, 9.17) is 27.4 Å². The Hall–Kier alpha value is -5.27. The van der Waals surface area contributed by atoms with Crippen LogP contribution >= 0.6 is 0 Å². The Morgan fingerprint density at radius 2 is 1.28 bits per heavy atom. The summed E-state index contributed by atoms with van der Waals surface area (Å²) in [7, 11) is 0. The average Bonchev–Trinajstić information content (AvgIpc) is 2.91. The van der Waals surface area contributed by atoms with E-state index in [-0.39, 0.29) is 42.4 Å². The van der Waals surface area contributed by atoms with Gasteiger partial charge in [0.15, 0.2) is 0 Å². The van der Waals surface area contributed by atoms with Crippen LogP contribution in [0.15, 0.2) is 48.5 Å². The van der Waals surface area contributed by atoms with Gasteiger partial charge in [-0.25, -0.2) is 0 Å². The Balaban J connectivity index is 1.68. The molecule has 1 aliphatic heterocycles. The lowest BCUT2D eigenvalue weighted by Gasteiger charge is -2.40. The van der Waals surface area contributed by atoms with E-state index in [1.807, 2.05) is 0 Å². The summed E-state index contributed by atoms with van der Waals surface area (Å²) in [6, 6.07) is 10.6. The number of aliphatic carboxylic acids is 1. The third kappa shape index (κ3) is 7.15. The second-order valence-electron chi connectivity index (χ2n) is 8.63. The third-order valence-electron chi connectivity index (χ3n) is 6.00. The van der Waals surface area contributed by atoms with Crippen LogP contribution in [0, 0.1) is 10.8 Å². The number of nitrogen functional groups attached to an aromatic ring is 2. The van der Waals surface area contributed by atoms with Crippen molar-refractivity contribution in [3.05, 3.63) is 70.8 Å². The maximum Gasteiger partial charge on any atom is 0.323 e. The average molecular weight is 537 g/mol. The molecule has 39 heavy (non-hydrogen) atoms. The minimum absolute atomic E-state index is 0.00508. The number of benzene rings is 2. The molecule has 0 saturated carbocycles. The molecule has 14 nitrogen and oxygen atoms in total. The van der Waals surface area contributed by atoms with Crippen LogP contribution in [0.5, 0.6) is 0 Å². The van der Waals surface area contributed by atoms with Gasteiger partial charge in [0, 0.05) is 41.9 Å². The maximum absolute atomic E-state index is 13.1. The SMILES string of the molecule is N=C(N)c1ccc(C(=O)NCC(=O)N2CCN(CC(=O)O)C(=O)[C@@H]2CNC(=O)c2ccc(C(=N)N)cc2)cc1. The number of nitrogens with two attached hydrogens (primary N) is 2. The fraction of sp³-hybridized carbons (Fsp3) is 0.240. The number of carbonyl (C=O) groups excluding carboxylic acids is 4. The lowest BCUT2D eigenvalue weighted by molar-refractivity contribution is -0.154. The molecule has 0 aromatic heterocycles. The molecule has 0 spiro atoms. The summed E-state index contributed by atoms with van der Waals surface area (Å²) in [6.07, 6.45) is 0. The largest absolute Gasteiger partial charge is 0.480 e. The Bertz CT molecular complexity index is 1310. The Morgan fingerprint density at radius 1 is 0.821 bits per heavy atom. The summed E-state index contributed by atoms with van der Waals surface area (Å²) in [5.74, 6) is -3.92. The van der Waals surface area contributed by atoms with Crippen LogP contribution in [0.1, 0.15) is 31.8 Å². The van der Waals surface area contributed by atoms with Gasteiger partial charge in [0.25, 0.3) is 11.8 Å². The summed E-state index contributed by atoms with van der Waals surface area (Å²) >= 11 is 0. The van der Waals surface area contributed by atoms with Crippen molar-refractivity contribution in [3.8, 4) is 0 Å². The van der Waals surface area contributed by atoms with Crippen molar-refractivity contribution in [3.63, 3.8) is 0 Å². The van der Waals surface area contributed by atoms with E-state index in [0.717, 1.165) is 4.90 Å². The van der Waals surface area contributed by atoms with Gasteiger partial charge < -0.3 is 37.0 Å². The molecule has 3 rings (SSSR count). The molecule has 2 aromatic carbocycles. The molecule has 4 amide bonds. The van der Waals surface area contributed by atoms with Gasteiger partial charge in [0.1, 0.15) is 24.3 Å². The minimum Gasteiger partial charge on any atom is -0.480 e. The van der Waals surface area contributed by atoms with Crippen molar-refractivity contribution in [1.29, 1.82) is 10.8 Å². The van der Waals surface area contributed by atoms with E-state index in [1.54, 1.807) is 0 Å². The number of nitrogens with one attached hydrogen (secondary N) is 4. The van der Waals surface area contributed by atoms with Crippen LogP contribution in [0.3, 0.4) is 0 Å². The summed E-state index contributed by atoms with van der Waals surface area (Å²) in [5, 5.41) is 29.0. The predicted molar refractivity (Wildman–Crippen MR) is 139 cm³/mol. The first kappa shape index (κ1) is 28.3. The highest BCUT2D eigenvalue weighted by Gasteiger charge is 2.38. The lowest BCUT2D eigenvalue weighted by Crippen LogP contribution is -2.63. The molecule has 0 radical (unpaired) electrons. The topological polar surface area (TPSA) is 236 Å². The molecule has 1 heterocycles. The molecular weight excluding hydrogens is 508 g/mol. The maximum atomic E-state index is 13.1. The van der Waals surface area contributed by atoms with Gasteiger partial charge in [-0.05, 0) is 24.3 Å². The number of hydrogen-bond donors (Lipinski definition) is 7. The zero-order chi connectivity index (χ0) is 28.7. The number of nitrogens with zero attached hydrogens (tertiary/aromatic N) is 2. The van der Waals surface area contributed by atoms with Gasteiger partial charge in [0.05, 0.1) is 6.54 Å². The van der Waals surface area contributed by atoms with E-state index in [1.165, 1.54) is 53.4 Å². The first-order valence-electron chi connectivity index (χ1n) is 11.7. The van der Waals surface area contributed by atoms with E-state index in [0.29, 0.717) is 11.1 Å². The first-order valence-corrected chi connectivity index (χ1v) is 11.7. The number of carbonyl (C=O) groups is 5. The fourth-order valence-corrected chi connectivity index (χ4v) is 3.91. The van der Waals surface area contributed by atoms with Gasteiger partial charge in [-0.1, -0.05) is 24.3 Å². The van der Waals surface area contributed by atoms with Gasteiger partial charge in [-0.15, -0.1) is 0 Å². The lowest BCUT2D eigenvalue weighted by atomic mass is 10.1. The fourth-order valence-electron chi connectivity index (χ4n) is 3.91. The molecule has 1 saturated heterocycles. The molecule has 0 unspecified atom stereocenters. The Kier molecular flexibility index (Phi) is 8.94. The number of amidine groups is 2. The van der Waals surface area contributed by atoms with Gasteiger partial charge >= 0.3 is 5.97 Å². The van der Waals surface area contributed by atoms with Crippen LogP contribution in [-0.2, 0) is 14.4 Å². The van der Waals surface area contributed by atoms with Crippen molar-refractivity contribution in [2.24, 2.45) is 11.5 Å². The highest BCUT2D eigenvalue weighted by atomic mass is 16.4. The molecule has 2 aromatic rings. The highest BCUT2D eigenvalue weighted by molar-refractivity contribution is 6.00. The Labute approximate surface area is 222 Å². The quantitative estimate of drug-likeness (QED) is 0.140. The molecule has 0 bridgehead atoms. The zero-order valence-electron chi connectivity index (χ0n) is 20.8. The number of carboxylic acids is 1. The van der Waals surface area contributed by atoms with Crippen LogP contribution in [0.4, 0.5) is 0 Å². The summed E-state index contributed by atoms with van der Waals surface area (Å²) in [4.78, 5) is 64.7. The summed E-state index contributed by atoms with van der Waals surface area (Å²) in [6.45, 7) is -1.35. The molecule has 1 atom stereocenters. The van der Waals surface area contributed by atoms with Crippen molar-refractivity contribution in [2.45, 2.75) is 6.04 Å². The Morgan fingerprint density at radius 3 is 1.74 bits per heavy atom. The second-order valence-corrected chi connectivity index (χ2v) is 8.63. The zero-order valence-corrected chi connectivity index (χ0v) is 20.8. The highest BCUT2D eigenvalue weighted by Crippen LogP contribution is 2.13. The first-order chi connectivity index (χ1) is 18.5. The summed E-state index contributed by atoms with van der Waals surface area (Å²) in [5.41, 5.74) is 12.1. The van der Waals surface area contributed by atoms with Gasteiger partial charge in [-0.2, -0.15) is 0 Å². The van der Waals surface area contributed by atoms with Gasteiger partial charge in [0.2, 0.25) is 11.8 Å². The molecule has 14 heteroatoms. The molecule has 0 aliphatic carbocycles. The standard InChI is InChI=1S/C25H28N8O6/c26-21(27)14-1-5-16(6-2-14)23(37)30-11-18-25(39)32(13-20(35)36)9-10-33(18)19(34)12-31-24(38)17-7-3-15(4-8-17)22(28)29/h1-8,18H,9-13H2,(H3,26,27)(H3,28,29)(H,30,37)(H,31,38)(H,35,36)/t18-/m0/s1. The van der Waals surface area contributed by atoms with E-state index < -0.39 is 48.7 Å². The second kappa shape index (κ2) is 12.3. The molecule has 204 valence electrons.